The highest BCUT2D eigenvalue weighted by atomic mass is 16.2. The lowest BCUT2D eigenvalue weighted by Crippen LogP contribution is -2.61. The van der Waals surface area contributed by atoms with Gasteiger partial charge in [0.1, 0.15) is 0 Å². The standard InChI is InChI=1S/C15H29N3O/c1-13-8-4-5-9-15(13,12-16)17-14(19)18-10-6-2-3-7-11-18/h13H,2-12,16H2,1H3,(H,17,19). The van der Waals surface area contributed by atoms with E-state index in [1.807, 2.05) is 4.90 Å². The maximum atomic E-state index is 12.5. The van der Waals surface area contributed by atoms with Crippen molar-refractivity contribution in [3.8, 4) is 0 Å². The van der Waals surface area contributed by atoms with Gasteiger partial charge in [-0.25, -0.2) is 4.79 Å². The van der Waals surface area contributed by atoms with Crippen LogP contribution in [0, 0.1) is 5.92 Å². The number of amides is 2. The summed E-state index contributed by atoms with van der Waals surface area (Å²) in [5.41, 5.74) is 5.84. The minimum Gasteiger partial charge on any atom is -0.331 e. The van der Waals surface area contributed by atoms with Crippen LogP contribution in [0.3, 0.4) is 0 Å². The van der Waals surface area contributed by atoms with Crippen molar-refractivity contribution in [2.24, 2.45) is 11.7 Å². The Morgan fingerprint density at radius 2 is 1.89 bits per heavy atom. The lowest BCUT2D eigenvalue weighted by atomic mass is 9.73. The van der Waals surface area contributed by atoms with Crippen molar-refractivity contribution < 1.29 is 4.79 Å². The van der Waals surface area contributed by atoms with E-state index in [2.05, 4.69) is 12.2 Å². The average Bonchev–Trinajstić information content (AvgIpc) is 2.70. The van der Waals surface area contributed by atoms with E-state index in [0.717, 1.165) is 32.4 Å². The predicted molar refractivity (Wildman–Crippen MR) is 78.0 cm³/mol. The Kier molecular flexibility index (Phi) is 5.08. The second-order valence-electron chi connectivity index (χ2n) is 6.34. The third kappa shape index (κ3) is 3.41. The number of hydrogen-bond acceptors (Lipinski definition) is 2. The number of nitrogens with two attached hydrogens (primary N) is 1. The van der Waals surface area contributed by atoms with E-state index in [-0.39, 0.29) is 11.6 Å². The van der Waals surface area contributed by atoms with Crippen molar-refractivity contribution in [3.05, 3.63) is 0 Å². The van der Waals surface area contributed by atoms with Crippen molar-refractivity contribution in [2.45, 2.75) is 63.8 Å². The van der Waals surface area contributed by atoms with E-state index in [1.54, 1.807) is 0 Å². The molecule has 0 aromatic rings. The summed E-state index contributed by atoms with van der Waals surface area (Å²) < 4.78 is 0. The second kappa shape index (κ2) is 6.60. The van der Waals surface area contributed by atoms with Gasteiger partial charge in [0.05, 0.1) is 5.54 Å². The van der Waals surface area contributed by atoms with E-state index in [9.17, 15) is 4.79 Å². The molecule has 0 spiro atoms. The summed E-state index contributed by atoms with van der Waals surface area (Å²) in [4.78, 5) is 14.5. The number of urea groups is 1. The summed E-state index contributed by atoms with van der Waals surface area (Å²) in [5.74, 6) is 0.488. The average molecular weight is 267 g/mol. The Morgan fingerprint density at radius 3 is 2.47 bits per heavy atom. The minimum atomic E-state index is -0.165. The molecule has 0 bridgehead atoms. The van der Waals surface area contributed by atoms with Gasteiger partial charge in [-0.05, 0) is 31.6 Å². The highest BCUT2D eigenvalue weighted by molar-refractivity contribution is 5.75. The van der Waals surface area contributed by atoms with Gasteiger partial charge in [0.15, 0.2) is 0 Å². The summed E-state index contributed by atoms with van der Waals surface area (Å²) in [5, 5.41) is 3.29. The van der Waals surface area contributed by atoms with E-state index in [0.29, 0.717) is 12.5 Å². The molecule has 2 fully saturated rings. The number of rotatable bonds is 2. The van der Waals surface area contributed by atoms with Crippen molar-refractivity contribution in [1.82, 2.24) is 10.2 Å². The molecule has 19 heavy (non-hydrogen) atoms. The number of carbonyl (C=O) groups is 1. The third-order valence-corrected chi connectivity index (χ3v) is 5.07. The Balaban J connectivity index is 1.98. The van der Waals surface area contributed by atoms with Gasteiger partial charge in [-0.1, -0.05) is 32.6 Å². The molecule has 0 aromatic heterocycles. The highest BCUT2D eigenvalue weighted by Crippen LogP contribution is 2.33. The molecule has 0 radical (unpaired) electrons. The summed E-state index contributed by atoms with van der Waals surface area (Å²) in [6, 6.07) is 0.112. The van der Waals surface area contributed by atoms with Crippen LogP contribution in [0.2, 0.25) is 0 Å². The van der Waals surface area contributed by atoms with Gasteiger partial charge in [0, 0.05) is 19.6 Å². The van der Waals surface area contributed by atoms with Gasteiger partial charge < -0.3 is 16.0 Å². The highest BCUT2D eigenvalue weighted by Gasteiger charge is 2.39. The second-order valence-corrected chi connectivity index (χ2v) is 6.34. The molecule has 1 aliphatic heterocycles. The molecule has 1 saturated carbocycles. The zero-order chi connectivity index (χ0) is 13.7. The molecular formula is C15H29N3O. The van der Waals surface area contributed by atoms with Gasteiger partial charge >= 0.3 is 6.03 Å². The molecule has 0 aromatic carbocycles. The van der Waals surface area contributed by atoms with E-state index in [4.69, 9.17) is 5.73 Å². The van der Waals surface area contributed by atoms with Crippen LogP contribution in [0.5, 0.6) is 0 Å². The molecule has 2 atom stereocenters. The first-order valence-corrected chi connectivity index (χ1v) is 7.95. The smallest absolute Gasteiger partial charge is 0.317 e. The zero-order valence-corrected chi connectivity index (χ0v) is 12.3. The van der Waals surface area contributed by atoms with Gasteiger partial charge in [-0.15, -0.1) is 0 Å². The molecule has 2 amide bonds. The molecule has 2 unspecified atom stereocenters. The molecule has 3 N–H and O–H groups in total. The van der Waals surface area contributed by atoms with Gasteiger partial charge in [-0.2, -0.15) is 0 Å². The van der Waals surface area contributed by atoms with Crippen molar-refractivity contribution in [3.63, 3.8) is 0 Å². The summed E-state index contributed by atoms with van der Waals surface area (Å²) >= 11 is 0. The molecule has 1 saturated heterocycles. The first kappa shape index (κ1) is 14.6. The molecular weight excluding hydrogens is 238 g/mol. The fourth-order valence-electron chi connectivity index (χ4n) is 3.52. The van der Waals surface area contributed by atoms with Gasteiger partial charge in [0.25, 0.3) is 0 Å². The molecule has 4 heteroatoms. The first-order valence-electron chi connectivity index (χ1n) is 7.95. The maximum Gasteiger partial charge on any atom is 0.317 e. The van der Waals surface area contributed by atoms with Gasteiger partial charge in [0.2, 0.25) is 0 Å². The molecule has 4 nitrogen and oxygen atoms in total. The summed E-state index contributed by atoms with van der Waals surface area (Å²) in [6.45, 7) is 4.60. The lowest BCUT2D eigenvalue weighted by molar-refractivity contribution is 0.140. The fraction of sp³-hybridized carbons (Fsp3) is 0.933. The molecule has 2 aliphatic rings. The monoisotopic (exact) mass is 267 g/mol. The SMILES string of the molecule is CC1CCCCC1(CN)NC(=O)N1CCCCCC1. The fourth-order valence-corrected chi connectivity index (χ4v) is 3.52. The third-order valence-electron chi connectivity index (χ3n) is 5.07. The molecule has 2 rings (SSSR count). The van der Waals surface area contributed by atoms with Gasteiger partial charge in [-0.3, -0.25) is 0 Å². The Labute approximate surface area is 117 Å². The number of nitrogens with one attached hydrogen (secondary N) is 1. The van der Waals surface area contributed by atoms with Crippen molar-refractivity contribution in [1.29, 1.82) is 0 Å². The number of carbonyl (C=O) groups excluding carboxylic acids is 1. The Morgan fingerprint density at radius 1 is 1.21 bits per heavy atom. The van der Waals surface area contributed by atoms with Crippen LogP contribution in [0.25, 0.3) is 0 Å². The van der Waals surface area contributed by atoms with Crippen molar-refractivity contribution >= 4 is 6.03 Å². The van der Waals surface area contributed by atoms with Crippen molar-refractivity contribution in [2.75, 3.05) is 19.6 Å². The zero-order valence-electron chi connectivity index (χ0n) is 12.3. The molecule has 1 aliphatic carbocycles. The normalized spacial score (nSPS) is 32.7. The lowest BCUT2D eigenvalue weighted by Gasteiger charge is -2.43. The molecule has 1 heterocycles. The predicted octanol–water partition coefficient (Wildman–Crippen LogP) is 2.48. The first-order chi connectivity index (χ1) is 9.18. The summed E-state index contributed by atoms with van der Waals surface area (Å²) in [7, 11) is 0. The van der Waals surface area contributed by atoms with Crippen LogP contribution in [-0.2, 0) is 0 Å². The largest absolute Gasteiger partial charge is 0.331 e. The summed E-state index contributed by atoms with van der Waals surface area (Å²) in [6.07, 6.45) is 9.44. The van der Waals surface area contributed by atoms with E-state index >= 15 is 0 Å². The van der Waals surface area contributed by atoms with Crippen LogP contribution >= 0.6 is 0 Å². The van der Waals surface area contributed by atoms with Crippen LogP contribution in [-0.4, -0.2) is 36.1 Å². The number of hydrogen-bond donors (Lipinski definition) is 2. The van der Waals surface area contributed by atoms with Crippen LogP contribution in [0.15, 0.2) is 0 Å². The Hall–Kier alpha value is -0.770. The molecule has 110 valence electrons. The quantitative estimate of drug-likeness (QED) is 0.807. The van der Waals surface area contributed by atoms with Crippen LogP contribution in [0.1, 0.15) is 58.3 Å². The maximum absolute atomic E-state index is 12.5. The topological polar surface area (TPSA) is 58.4 Å². The Bertz CT molecular complexity index is 300. The number of likely N-dealkylation sites (tertiary alicyclic amines) is 1. The van der Waals surface area contributed by atoms with Crippen LogP contribution in [0.4, 0.5) is 4.79 Å². The van der Waals surface area contributed by atoms with E-state index in [1.165, 1.54) is 32.1 Å². The van der Waals surface area contributed by atoms with Crippen LogP contribution < -0.4 is 11.1 Å². The van der Waals surface area contributed by atoms with E-state index < -0.39 is 0 Å². The minimum absolute atomic E-state index is 0.112. The number of nitrogens with zero attached hydrogens (tertiary/aromatic N) is 1.